The standard InChI is InChI=1S/C21H24N2O2/c1-15(2)9-12-18-19(23-21(22)24)13-17(14-20(18)25-3)11-10-16-7-5-4-6-8-16/h4-8,10-11,13-14H,1,9,12H2,2-3H3,(H3,22,23,24)/b11-10+. The van der Waals surface area contributed by atoms with E-state index in [1.165, 1.54) is 0 Å². The first-order valence-corrected chi connectivity index (χ1v) is 8.14. The zero-order valence-electron chi connectivity index (χ0n) is 14.7. The molecule has 0 aliphatic heterocycles. The molecule has 0 fully saturated rings. The lowest BCUT2D eigenvalue weighted by Gasteiger charge is -2.15. The van der Waals surface area contributed by atoms with Gasteiger partial charge in [0, 0.05) is 11.3 Å². The Morgan fingerprint density at radius 2 is 1.88 bits per heavy atom. The maximum atomic E-state index is 11.4. The predicted octanol–water partition coefficient (Wildman–Crippen LogP) is 4.86. The molecule has 0 aromatic heterocycles. The Morgan fingerprint density at radius 3 is 2.48 bits per heavy atom. The molecule has 2 amide bonds. The van der Waals surface area contributed by atoms with Crippen LogP contribution in [0.4, 0.5) is 10.5 Å². The van der Waals surface area contributed by atoms with Crippen LogP contribution in [-0.2, 0) is 6.42 Å². The van der Waals surface area contributed by atoms with Gasteiger partial charge in [-0.3, -0.25) is 0 Å². The van der Waals surface area contributed by atoms with Gasteiger partial charge in [0.25, 0.3) is 0 Å². The molecule has 2 rings (SSSR count). The number of urea groups is 1. The lowest BCUT2D eigenvalue weighted by atomic mass is 10.00. The first kappa shape index (κ1) is 18.3. The van der Waals surface area contributed by atoms with Crippen molar-refractivity contribution < 1.29 is 9.53 Å². The second kappa shape index (κ2) is 8.73. The molecule has 0 aliphatic carbocycles. The number of primary amides is 1. The Balaban J connectivity index is 2.39. The number of nitrogens with one attached hydrogen (secondary N) is 1. The highest BCUT2D eigenvalue weighted by Crippen LogP contribution is 2.31. The second-order valence-electron chi connectivity index (χ2n) is 5.94. The molecule has 2 aromatic rings. The van der Waals surface area contributed by atoms with Crippen molar-refractivity contribution in [2.45, 2.75) is 19.8 Å². The number of anilines is 1. The fourth-order valence-corrected chi connectivity index (χ4v) is 2.54. The van der Waals surface area contributed by atoms with E-state index in [1.54, 1.807) is 7.11 Å². The van der Waals surface area contributed by atoms with Crippen LogP contribution in [0.25, 0.3) is 12.2 Å². The van der Waals surface area contributed by atoms with E-state index in [0.29, 0.717) is 5.69 Å². The molecule has 0 unspecified atom stereocenters. The van der Waals surface area contributed by atoms with Crippen molar-refractivity contribution >= 4 is 23.9 Å². The number of hydrogen-bond donors (Lipinski definition) is 2. The lowest BCUT2D eigenvalue weighted by Crippen LogP contribution is -2.20. The first-order valence-electron chi connectivity index (χ1n) is 8.14. The zero-order valence-corrected chi connectivity index (χ0v) is 14.7. The minimum atomic E-state index is -0.595. The van der Waals surface area contributed by atoms with Gasteiger partial charge < -0.3 is 15.8 Å². The fourth-order valence-electron chi connectivity index (χ4n) is 2.54. The lowest BCUT2D eigenvalue weighted by molar-refractivity contribution is 0.259. The number of allylic oxidation sites excluding steroid dienone is 1. The topological polar surface area (TPSA) is 64.3 Å². The molecule has 130 valence electrons. The molecule has 3 N–H and O–H groups in total. The van der Waals surface area contributed by atoms with Crippen LogP contribution in [0.5, 0.6) is 5.75 Å². The molecule has 4 nitrogen and oxygen atoms in total. The second-order valence-corrected chi connectivity index (χ2v) is 5.94. The normalized spacial score (nSPS) is 10.6. The molecule has 0 atom stereocenters. The van der Waals surface area contributed by atoms with Gasteiger partial charge in [0.2, 0.25) is 0 Å². The van der Waals surface area contributed by atoms with Crippen LogP contribution >= 0.6 is 0 Å². The molecule has 0 spiro atoms. The SMILES string of the molecule is C=C(C)CCc1c(NC(N)=O)cc(/C=C/c2ccccc2)cc1OC. The molecule has 0 heterocycles. The van der Waals surface area contributed by atoms with Crippen LogP contribution in [0, 0.1) is 0 Å². The summed E-state index contributed by atoms with van der Waals surface area (Å²) in [5.41, 5.74) is 10.00. The van der Waals surface area contributed by atoms with E-state index in [0.717, 1.165) is 40.9 Å². The highest BCUT2D eigenvalue weighted by atomic mass is 16.5. The third-order valence-electron chi connectivity index (χ3n) is 3.78. The van der Waals surface area contributed by atoms with Crippen molar-refractivity contribution in [2.75, 3.05) is 12.4 Å². The van der Waals surface area contributed by atoms with Gasteiger partial charge in [0.15, 0.2) is 0 Å². The molecular formula is C21H24N2O2. The van der Waals surface area contributed by atoms with Crippen LogP contribution in [-0.4, -0.2) is 13.1 Å². The Bertz CT molecular complexity index is 780. The zero-order chi connectivity index (χ0) is 18.2. The van der Waals surface area contributed by atoms with Gasteiger partial charge in [-0.1, -0.05) is 48.1 Å². The number of methoxy groups -OCH3 is 1. The summed E-state index contributed by atoms with van der Waals surface area (Å²) in [7, 11) is 1.62. The molecule has 0 bridgehead atoms. The molecule has 2 aromatic carbocycles. The summed E-state index contributed by atoms with van der Waals surface area (Å²) in [5.74, 6) is 0.722. The summed E-state index contributed by atoms with van der Waals surface area (Å²) in [4.78, 5) is 11.4. The first-order chi connectivity index (χ1) is 12.0. The average Bonchev–Trinajstić information content (AvgIpc) is 2.58. The van der Waals surface area contributed by atoms with Crippen LogP contribution < -0.4 is 15.8 Å². The summed E-state index contributed by atoms with van der Waals surface area (Å²) in [6.07, 6.45) is 5.52. The molecular weight excluding hydrogens is 312 g/mol. The van der Waals surface area contributed by atoms with E-state index < -0.39 is 6.03 Å². The number of hydrogen-bond acceptors (Lipinski definition) is 2. The smallest absolute Gasteiger partial charge is 0.316 e. The number of carbonyl (C=O) groups excluding carboxylic acids is 1. The monoisotopic (exact) mass is 336 g/mol. The molecule has 0 radical (unpaired) electrons. The molecule has 4 heteroatoms. The van der Waals surface area contributed by atoms with Gasteiger partial charge in [0.05, 0.1) is 7.11 Å². The van der Waals surface area contributed by atoms with Crippen molar-refractivity contribution in [1.82, 2.24) is 0 Å². The molecule has 0 saturated carbocycles. The third kappa shape index (κ3) is 5.53. The van der Waals surface area contributed by atoms with Gasteiger partial charge in [-0.05, 0) is 43.0 Å². The maximum Gasteiger partial charge on any atom is 0.316 e. The van der Waals surface area contributed by atoms with Crippen LogP contribution in [0.1, 0.15) is 30.0 Å². The van der Waals surface area contributed by atoms with E-state index in [2.05, 4.69) is 11.9 Å². The number of nitrogens with two attached hydrogens (primary N) is 1. The average molecular weight is 336 g/mol. The molecule has 0 aliphatic rings. The van der Waals surface area contributed by atoms with Gasteiger partial charge in [-0.15, -0.1) is 6.58 Å². The van der Waals surface area contributed by atoms with Crippen LogP contribution in [0.15, 0.2) is 54.6 Å². The number of carbonyl (C=O) groups is 1. The van der Waals surface area contributed by atoms with E-state index in [9.17, 15) is 4.79 Å². The van der Waals surface area contributed by atoms with Crippen molar-refractivity contribution in [3.05, 3.63) is 71.3 Å². The largest absolute Gasteiger partial charge is 0.496 e. The molecule has 25 heavy (non-hydrogen) atoms. The summed E-state index contributed by atoms with van der Waals surface area (Å²) in [6.45, 7) is 5.91. The van der Waals surface area contributed by atoms with Crippen molar-refractivity contribution in [3.63, 3.8) is 0 Å². The van der Waals surface area contributed by atoms with Gasteiger partial charge in [0.1, 0.15) is 5.75 Å². The van der Waals surface area contributed by atoms with Crippen LogP contribution in [0.3, 0.4) is 0 Å². The minimum absolute atomic E-state index is 0.595. The number of ether oxygens (including phenoxy) is 1. The van der Waals surface area contributed by atoms with Crippen molar-refractivity contribution in [3.8, 4) is 5.75 Å². The predicted molar refractivity (Wildman–Crippen MR) is 105 cm³/mol. The van der Waals surface area contributed by atoms with E-state index in [-0.39, 0.29) is 0 Å². The fraction of sp³-hybridized carbons (Fsp3) is 0.190. The Kier molecular flexibility index (Phi) is 6.40. The quantitative estimate of drug-likeness (QED) is 0.560. The number of benzene rings is 2. The maximum absolute atomic E-state index is 11.4. The van der Waals surface area contributed by atoms with Gasteiger partial charge in [-0.25, -0.2) is 4.79 Å². The van der Waals surface area contributed by atoms with Crippen molar-refractivity contribution in [1.29, 1.82) is 0 Å². The summed E-state index contributed by atoms with van der Waals surface area (Å²) in [6, 6.07) is 13.3. The Morgan fingerprint density at radius 1 is 1.20 bits per heavy atom. The van der Waals surface area contributed by atoms with Gasteiger partial charge in [-0.2, -0.15) is 0 Å². The van der Waals surface area contributed by atoms with Gasteiger partial charge >= 0.3 is 6.03 Å². The minimum Gasteiger partial charge on any atom is -0.496 e. The van der Waals surface area contributed by atoms with E-state index >= 15 is 0 Å². The van der Waals surface area contributed by atoms with Crippen molar-refractivity contribution in [2.24, 2.45) is 5.73 Å². The third-order valence-corrected chi connectivity index (χ3v) is 3.78. The number of rotatable bonds is 7. The van der Waals surface area contributed by atoms with E-state index in [4.69, 9.17) is 10.5 Å². The number of amides is 2. The Hall–Kier alpha value is -3.01. The summed E-state index contributed by atoms with van der Waals surface area (Å²) < 4.78 is 5.54. The summed E-state index contributed by atoms with van der Waals surface area (Å²) >= 11 is 0. The molecule has 0 saturated heterocycles. The highest BCUT2D eigenvalue weighted by Gasteiger charge is 2.12. The summed E-state index contributed by atoms with van der Waals surface area (Å²) in [5, 5.41) is 2.71. The Labute approximate surface area is 149 Å². The highest BCUT2D eigenvalue weighted by molar-refractivity contribution is 5.90. The van der Waals surface area contributed by atoms with E-state index in [1.807, 2.05) is 61.5 Å². The van der Waals surface area contributed by atoms with Crippen LogP contribution in [0.2, 0.25) is 0 Å².